The van der Waals surface area contributed by atoms with Crippen molar-refractivity contribution in [2.24, 2.45) is 0 Å². The number of anilines is 1. The Morgan fingerprint density at radius 2 is 2.00 bits per heavy atom. The molecule has 1 aliphatic rings. The number of esters is 1. The molecule has 28 heavy (non-hydrogen) atoms. The lowest BCUT2D eigenvalue weighted by Crippen LogP contribution is -2.48. The number of carbonyl (C=O) groups excluding carboxylic acids is 2. The van der Waals surface area contributed by atoms with Crippen LogP contribution in [0.3, 0.4) is 0 Å². The molecule has 5 nitrogen and oxygen atoms in total. The molecule has 0 aliphatic carbocycles. The third kappa shape index (κ3) is 3.66. The number of fused-ring (bicyclic) bond motifs is 1. The number of cyclic esters (lactones) is 1. The molecule has 3 aromatic rings. The average molecular weight is 396 g/mol. The van der Waals surface area contributed by atoms with Gasteiger partial charge in [0, 0.05) is 23.9 Å². The minimum absolute atomic E-state index is 0.280. The van der Waals surface area contributed by atoms with Crippen LogP contribution in [0.25, 0.3) is 0 Å². The topological polar surface area (TPSA) is 68.3 Å². The van der Waals surface area contributed by atoms with Crippen molar-refractivity contribution in [1.82, 2.24) is 4.98 Å². The lowest BCUT2D eigenvalue weighted by Gasteiger charge is -2.32. The molecular formula is C21H17FN2O3S. The van der Waals surface area contributed by atoms with Gasteiger partial charge in [-0.25, -0.2) is 14.2 Å². The second kappa shape index (κ2) is 7.16. The lowest BCUT2D eigenvalue weighted by molar-refractivity contribution is -0.134. The molecule has 0 saturated carbocycles. The summed E-state index contributed by atoms with van der Waals surface area (Å²) < 4.78 is 18.5. The van der Waals surface area contributed by atoms with Gasteiger partial charge in [-0.2, -0.15) is 0 Å². The van der Waals surface area contributed by atoms with Gasteiger partial charge in [0.05, 0.1) is 5.56 Å². The predicted octanol–water partition coefficient (Wildman–Crippen LogP) is 3.98. The number of nitrogens with zero attached hydrogens (tertiary/aromatic N) is 1. The quantitative estimate of drug-likeness (QED) is 0.678. The van der Waals surface area contributed by atoms with Crippen molar-refractivity contribution in [2.45, 2.75) is 25.4 Å². The van der Waals surface area contributed by atoms with Crippen LogP contribution in [0.1, 0.15) is 33.3 Å². The molecular weight excluding hydrogens is 379 g/mol. The Balaban J connectivity index is 1.46. The summed E-state index contributed by atoms with van der Waals surface area (Å²) >= 11 is 1.33. The van der Waals surface area contributed by atoms with E-state index < -0.39 is 17.5 Å². The van der Waals surface area contributed by atoms with Crippen molar-refractivity contribution >= 4 is 28.3 Å². The molecule has 4 rings (SSSR count). The van der Waals surface area contributed by atoms with E-state index >= 15 is 0 Å². The normalized spacial score (nSPS) is 18.3. The molecule has 0 unspecified atom stereocenters. The average Bonchev–Trinajstić information content (AvgIpc) is 3.10. The first-order valence-electron chi connectivity index (χ1n) is 8.75. The zero-order valence-electron chi connectivity index (χ0n) is 15.1. The Labute approximate surface area is 165 Å². The van der Waals surface area contributed by atoms with E-state index in [-0.39, 0.29) is 5.82 Å². The van der Waals surface area contributed by atoms with Crippen molar-refractivity contribution in [3.8, 4) is 0 Å². The number of carbonyl (C=O) groups is 2. The number of hydrogen-bond acceptors (Lipinski definition) is 5. The summed E-state index contributed by atoms with van der Waals surface area (Å²) in [6.45, 7) is 1.60. The molecule has 1 aliphatic heterocycles. The lowest BCUT2D eigenvalue weighted by atomic mass is 9.89. The number of nitrogens with one attached hydrogen (secondary N) is 1. The molecule has 1 aromatic heterocycles. The summed E-state index contributed by atoms with van der Waals surface area (Å²) in [5.41, 5.74) is 0.928. The smallest absolute Gasteiger partial charge is 0.339 e. The highest BCUT2D eigenvalue weighted by molar-refractivity contribution is 7.15. The van der Waals surface area contributed by atoms with Gasteiger partial charge in [-0.1, -0.05) is 30.3 Å². The van der Waals surface area contributed by atoms with Gasteiger partial charge >= 0.3 is 5.97 Å². The Kier molecular flexibility index (Phi) is 4.68. The molecule has 7 heteroatoms. The van der Waals surface area contributed by atoms with Gasteiger partial charge in [0.25, 0.3) is 5.91 Å². The minimum Gasteiger partial charge on any atom is -0.445 e. The number of rotatable bonds is 4. The van der Waals surface area contributed by atoms with E-state index in [1.165, 1.54) is 23.5 Å². The zero-order valence-corrected chi connectivity index (χ0v) is 15.9. The van der Waals surface area contributed by atoms with Gasteiger partial charge < -0.3 is 4.74 Å². The fraction of sp³-hybridized carbons (Fsp3) is 0.190. The highest BCUT2D eigenvalue weighted by atomic mass is 32.1. The summed E-state index contributed by atoms with van der Waals surface area (Å²) in [4.78, 5) is 30.2. The zero-order chi connectivity index (χ0) is 19.7. The highest BCUT2D eigenvalue weighted by Crippen LogP contribution is 2.30. The molecule has 0 fully saturated rings. The second-order valence-electron chi connectivity index (χ2n) is 6.84. The van der Waals surface area contributed by atoms with Gasteiger partial charge in [0.2, 0.25) is 0 Å². The molecule has 0 spiro atoms. The molecule has 142 valence electrons. The molecule has 1 atom stereocenters. The van der Waals surface area contributed by atoms with E-state index in [1.54, 1.807) is 37.4 Å². The second-order valence-corrected chi connectivity index (χ2v) is 7.96. The SMILES string of the molecule is C[C@@]1(C(=O)Nc2ncc(Cc3ccc(F)cc3)s2)Cc2ccccc2C(=O)O1. The maximum atomic E-state index is 13.0. The fourth-order valence-electron chi connectivity index (χ4n) is 3.14. The molecule has 2 heterocycles. The number of hydrogen-bond donors (Lipinski definition) is 1. The molecule has 0 saturated heterocycles. The molecule has 2 aromatic carbocycles. The van der Waals surface area contributed by atoms with Crippen LogP contribution >= 0.6 is 11.3 Å². The number of halogens is 1. The first-order valence-corrected chi connectivity index (χ1v) is 9.56. The standard InChI is InChI=1S/C21H17FN2O3S/c1-21(11-14-4-2-3-5-17(14)18(25)27-21)19(26)24-20-23-12-16(28-20)10-13-6-8-15(22)9-7-13/h2-9,12H,10-11H2,1H3,(H,23,24,26)/t21-/m0/s1. The van der Waals surface area contributed by atoms with Crippen molar-refractivity contribution in [2.75, 3.05) is 5.32 Å². The van der Waals surface area contributed by atoms with E-state index in [0.717, 1.165) is 16.0 Å². The fourth-order valence-corrected chi connectivity index (χ4v) is 3.98. The first kappa shape index (κ1) is 18.3. The van der Waals surface area contributed by atoms with E-state index in [1.807, 2.05) is 12.1 Å². The Hall–Kier alpha value is -3.06. The molecule has 1 N–H and O–H groups in total. The summed E-state index contributed by atoms with van der Waals surface area (Å²) in [6.07, 6.45) is 2.57. The first-order chi connectivity index (χ1) is 13.4. The monoisotopic (exact) mass is 396 g/mol. The van der Waals surface area contributed by atoms with Crippen molar-refractivity contribution in [3.05, 3.63) is 82.1 Å². The third-order valence-electron chi connectivity index (χ3n) is 4.63. The number of aromatic nitrogens is 1. The van der Waals surface area contributed by atoms with Crippen molar-refractivity contribution < 1.29 is 18.7 Å². The van der Waals surface area contributed by atoms with Crippen LogP contribution in [0, 0.1) is 5.82 Å². The Morgan fingerprint density at radius 1 is 1.25 bits per heavy atom. The number of thiazole rings is 1. The van der Waals surface area contributed by atoms with E-state index in [0.29, 0.717) is 23.5 Å². The van der Waals surface area contributed by atoms with Crippen molar-refractivity contribution in [3.63, 3.8) is 0 Å². The summed E-state index contributed by atoms with van der Waals surface area (Å²) in [7, 11) is 0. The minimum atomic E-state index is -1.30. The van der Waals surface area contributed by atoms with Gasteiger partial charge in [-0.15, -0.1) is 11.3 Å². The van der Waals surface area contributed by atoms with E-state index in [9.17, 15) is 14.0 Å². The summed E-state index contributed by atoms with van der Waals surface area (Å²) in [5, 5.41) is 3.18. The van der Waals surface area contributed by atoms with E-state index in [2.05, 4.69) is 10.3 Å². The Bertz CT molecular complexity index is 1050. The highest BCUT2D eigenvalue weighted by Gasteiger charge is 2.42. The largest absolute Gasteiger partial charge is 0.445 e. The molecule has 0 radical (unpaired) electrons. The van der Waals surface area contributed by atoms with Crippen LogP contribution in [-0.2, 0) is 22.4 Å². The maximum Gasteiger partial charge on any atom is 0.339 e. The van der Waals surface area contributed by atoms with E-state index in [4.69, 9.17) is 4.74 Å². The van der Waals surface area contributed by atoms with Crippen molar-refractivity contribution in [1.29, 1.82) is 0 Å². The third-order valence-corrected chi connectivity index (χ3v) is 5.54. The van der Waals surface area contributed by atoms with Gasteiger partial charge in [0.1, 0.15) is 5.82 Å². The summed E-state index contributed by atoms with van der Waals surface area (Å²) in [5.74, 6) is -1.20. The predicted molar refractivity (Wildman–Crippen MR) is 104 cm³/mol. The van der Waals surface area contributed by atoms with Crippen LogP contribution in [0.15, 0.2) is 54.7 Å². The molecule has 0 bridgehead atoms. The number of amides is 1. The van der Waals surface area contributed by atoms with Crippen LogP contribution in [0.5, 0.6) is 0 Å². The van der Waals surface area contributed by atoms with Crippen LogP contribution in [0.4, 0.5) is 9.52 Å². The number of benzene rings is 2. The van der Waals surface area contributed by atoms with Gasteiger partial charge in [-0.3, -0.25) is 10.1 Å². The van der Waals surface area contributed by atoms with Gasteiger partial charge in [-0.05, 0) is 36.2 Å². The molecule has 1 amide bonds. The maximum absolute atomic E-state index is 13.0. The van der Waals surface area contributed by atoms with Crippen LogP contribution < -0.4 is 5.32 Å². The number of ether oxygens (including phenoxy) is 1. The van der Waals surface area contributed by atoms with Crippen LogP contribution in [-0.4, -0.2) is 22.5 Å². The van der Waals surface area contributed by atoms with Gasteiger partial charge in [0.15, 0.2) is 10.7 Å². The van der Waals surface area contributed by atoms with Crippen LogP contribution in [0.2, 0.25) is 0 Å². The summed E-state index contributed by atoms with van der Waals surface area (Å²) in [6, 6.07) is 13.4. The Morgan fingerprint density at radius 3 is 2.79 bits per heavy atom.